The lowest BCUT2D eigenvalue weighted by Gasteiger charge is -2.13. The van der Waals surface area contributed by atoms with Gasteiger partial charge >= 0.3 is 0 Å². The van der Waals surface area contributed by atoms with E-state index in [1.54, 1.807) is 16.7 Å². The second-order valence-corrected chi connectivity index (χ2v) is 8.60. The molecule has 180 valence electrons. The molecule has 0 radical (unpaired) electrons. The van der Waals surface area contributed by atoms with Crippen molar-refractivity contribution >= 4 is 28.5 Å². The van der Waals surface area contributed by atoms with E-state index in [0.29, 0.717) is 46.7 Å². The number of pyridine rings is 1. The molecule has 4 rings (SSSR count). The van der Waals surface area contributed by atoms with Gasteiger partial charge in [-0.1, -0.05) is 55.5 Å². The molecule has 0 unspecified atom stereocenters. The standard InChI is InChI=1S/C28H30N4O3/c1-5-22-23(31-27(33)20-14-10-7-11-15-20)16-21-25(35-18(2)3)24(32(4)26(21)30-22)28(34)29-17-19-12-8-6-9-13-19/h6-16,18H,5,17H2,1-4H3,(H,29,34)(H,31,33). The van der Waals surface area contributed by atoms with Crippen LogP contribution in [-0.4, -0.2) is 27.5 Å². The van der Waals surface area contributed by atoms with Gasteiger partial charge in [-0.15, -0.1) is 0 Å². The van der Waals surface area contributed by atoms with Gasteiger partial charge in [0.25, 0.3) is 11.8 Å². The lowest BCUT2D eigenvalue weighted by atomic mass is 10.1. The number of aryl methyl sites for hydroxylation is 2. The molecule has 2 amide bonds. The van der Waals surface area contributed by atoms with Crippen molar-refractivity contribution < 1.29 is 14.3 Å². The number of aromatic nitrogens is 2. The number of nitrogens with one attached hydrogen (secondary N) is 2. The molecule has 7 nitrogen and oxygen atoms in total. The fourth-order valence-corrected chi connectivity index (χ4v) is 3.98. The van der Waals surface area contributed by atoms with E-state index < -0.39 is 0 Å². The Morgan fingerprint density at radius 3 is 2.29 bits per heavy atom. The van der Waals surface area contributed by atoms with Crippen LogP contribution in [0.5, 0.6) is 5.75 Å². The predicted molar refractivity (Wildman–Crippen MR) is 138 cm³/mol. The Kier molecular flexibility index (Phi) is 7.15. The summed E-state index contributed by atoms with van der Waals surface area (Å²) in [5.41, 5.74) is 3.91. The van der Waals surface area contributed by atoms with Gasteiger partial charge in [0.2, 0.25) is 0 Å². The van der Waals surface area contributed by atoms with Crippen LogP contribution in [-0.2, 0) is 20.0 Å². The molecule has 0 atom stereocenters. The third-order valence-corrected chi connectivity index (χ3v) is 5.68. The number of anilines is 1. The summed E-state index contributed by atoms with van der Waals surface area (Å²) in [7, 11) is 1.81. The average molecular weight is 471 g/mol. The van der Waals surface area contributed by atoms with Crippen molar-refractivity contribution in [1.29, 1.82) is 0 Å². The van der Waals surface area contributed by atoms with Gasteiger partial charge in [0.1, 0.15) is 5.65 Å². The molecule has 4 aromatic rings. The minimum absolute atomic E-state index is 0.158. The Hall–Kier alpha value is -4.13. The molecule has 0 aliphatic rings. The lowest BCUT2D eigenvalue weighted by molar-refractivity contribution is 0.0936. The number of fused-ring (bicyclic) bond motifs is 1. The van der Waals surface area contributed by atoms with Crippen LogP contribution in [0.2, 0.25) is 0 Å². The van der Waals surface area contributed by atoms with E-state index in [4.69, 9.17) is 9.72 Å². The van der Waals surface area contributed by atoms with Gasteiger partial charge in [-0.05, 0) is 44.0 Å². The molecule has 0 saturated heterocycles. The van der Waals surface area contributed by atoms with E-state index in [-0.39, 0.29) is 17.9 Å². The number of nitrogens with zero attached hydrogens (tertiary/aromatic N) is 2. The number of carbonyl (C=O) groups excluding carboxylic acids is 2. The maximum Gasteiger partial charge on any atom is 0.272 e. The zero-order valence-electron chi connectivity index (χ0n) is 20.5. The lowest BCUT2D eigenvalue weighted by Crippen LogP contribution is -2.26. The highest BCUT2D eigenvalue weighted by molar-refractivity contribution is 6.07. The number of benzene rings is 2. The summed E-state index contributed by atoms with van der Waals surface area (Å²) in [4.78, 5) is 31.0. The Labute approximate surface area is 205 Å². The predicted octanol–water partition coefficient (Wildman–Crippen LogP) is 5.11. The average Bonchev–Trinajstić information content (AvgIpc) is 3.13. The van der Waals surface area contributed by atoms with Crippen LogP contribution in [0.25, 0.3) is 11.0 Å². The number of ether oxygens (including phenoxy) is 1. The number of amides is 2. The van der Waals surface area contributed by atoms with E-state index >= 15 is 0 Å². The maximum atomic E-state index is 13.3. The smallest absolute Gasteiger partial charge is 0.272 e. The van der Waals surface area contributed by atoms with Crippen molar-refractivity contribution in [3.8, 4) is 5.75 Å². The molecule has 2 aromatic carbocycles. The molecule has 0 aliphatic carbocycles. The summed E-state index contributed by atoms with van der Waals surface area (Å²) in [5, 5.41) is 6.65. The van der Waals surface area contributed by atoms with E-state index in [0.717, 1.165) is 11.3 Å². The van der Waals surface area contributed by atoms with E-state index in [2.05, 4.69) is 10.6 Å². The molecule has 0 bridgehead atoms. The zero-order chi connectivity index (χ0) is 24.9. The van der Waals surface area contributed by atoms with Gasteiger partial charge in [-0.25, -0.2) is 4.98 Å². The zero-order valence-corrected chi connectivity index (χ0v) is 20.5. The SMILES string of the molecule is CCc1nc2c(cc1NC(=O)c1ccccc1)c(OC(C)C)c(C(=O)NCc1ccccc1)n2C. The van der Waals surface area contributed by atoms with E-state index in [9.17, 15) is 9.59 Å². The first-order valence-electron chi connectivity index (χ1n) is 11.8. The molecular formula is C28H30N4O3. The number of hydrogen-bond donors (Lipinski definition) is 2. The Balaban J connectivity index is 1.75. The first kappa shape index (κ1) is 24.0. The van der Waals surface area contributed by atoms with Crippen molar-refractivity contribution in [2.45, 2.75) is 39.8 Å². The minimum atomic E-state index is -0.252. The molecule has 7 heteroatoms. The van der Waals surface area contributed by atoms with Crippen LogP contribution in [0.1, 0.15) is 52.9 Å². The van der Waals surface area contributed by atoms with Gasteiger partial charge in [0, 0.05) is 19.2 Å². The van der Waals surface area contributed by atoms with Crippen molar-refractivity contribution in [3.05, 3.63) is 89.2 Å². The van der Waals surface area contributed by atoms with Gasteiger partial charge in [-0.3, -0.25) is 9.59 Å². The van der Waals surface area contributed by atoms with E-state index in [1.807, 2.05) is 82.4 Å². The van der Waals surface area contributed by atoms with Gasteiger partial charge in [0.05, 0.1) is 22.9 Å². The highest BCUT2D eigenvalue weighted by atomic mass is 16.5. The molecule has 35 heavy (non-hydrogen) atoms. The van der Waals surface area contributed by atoms with Crippen LogP contribution >= 0.6 is 0 Å². The molecule has 0 spiro atoms. The van der Waals surface area contributed by atoms with E-state index in [1.165, 1.54) is 0 Å². The second kappa shape index (κ2) is 10.4. The fraction of sp³-hybridized carbons (Fsp3) is 0.250. The fourth-order valence-electron chi connectivity index (χ4n) is 3.98. The molecular weight excluding hydrogens is 440 g/mol. The molecule has 0 fully saturated rings. The largest absolute Gasteiger partial charge is 0.488 e. The Morgan fingerprint density at radius 1 is 1.00 bits per heavy atom. The molecule has 0 saturated carbocycles. The molecule has 2 aromatic heterocycles. The summed E-state index contributed by atoms with van der Waals surface area (Å²) < 4.78 is 7.90. The number of rotatable bonds is 8. The number of carbonyl (C=O) groups is 2. The number of hydrogen-bond acceptors (Lipinski definition) is 4. The second-order valence-electron chi connectivity index (χ2n) is 8.60. The van der Waals surface area contributed by atoms with Crippen LogP contribution < -0.4 is 15.4 Å². The summed E-state index contributed by atoms with van der Waals surface area (Å²) >= 11 is 0. The maximum absolute atomic E-state index is 13.3. The summed E-state index contributed by atoms with van der Waals surface area (Å²) in [6.45, 7) is 6.20. The first-order valence-corrected chi connectivity index (χ1v) is 11.8. The monoisotopic (exact) mass is 470 g/mol. The van der Waals surface area contributed by atoms with Crippen LogP contribution in [0.15, 0.2) is 66.7 Å². The molecule has 0 aliphatic heterocycles. The summed E-state index contributed by atoms with van der Waals surface area (Å²) in [6, 6.07) is 20.6. The highest BCUT2D eigenvalue weighted by Crippen LogP contribution is 2.35. The summed E-state index contributed by atoms with van der Waals surface area (Å²) in [6.07, 6.45) is 0.455. The van der Waals surface area contributed by atoms with Crippen LogP contribution in [0, 0.1) is 0 Å². The van der Waals surface area contributed by atoms with Gasteiger partial charge in [0.15, 0.2) is 11.4 Å². The normalized spacial score (nSPS) is 11.0. The quantitative estimate of drug-likeness (QED) is 0.375. The summed E-state index contributed by atoms with van der Waals surface area (Å²) in [5.74, 6) is -0.0177. The van der Waals surface area contributed by atoms with Crippen molar-refractivity contribution in [2.75, 3.05) is 5.32 Å². The Bertz CT molecular complexity index is 1350. The highest BCUT2D eigenvalue weighted by Gasteiger charge is 2.26. The molecule has 2 N–H and O–H groups in total. The van der Waals surface area contributed by atoms with Crippen LogP contribution in [0.4, 0.5) is 5.69 Å². The Morgan fingerprint density at radius 2 is 1.66 bits per heavy atom. The third-order valence-electron chi connectivity index (χ3n) is 5.68. The van der Waals surface area contributed by atoms with Crippen molar-refractivity contribution in [1.82, 2.24) is 14.9 Å². The van der Waals surface area contributed by atoms with Crippen molar-refractivity contribution in [2.24, 2.45) is 7.05 Å². The molecule has 2 heterocycles. The van der Waals surface area contributed by atoms with Crippen molar-refractivity contribution in [3.63, 3.8) is 0 Å². The van der Waals surface area contributed by atoms with Gasteiger partial charge in [-0.2, -0.15) is 0 Å². The topological polar surface area (TPSA) is 85.2 Å². The third kappa shape index (κ3) is 5.19. The minimum Gasteiger partial charge on any atom is -0.488 e. The first-order chi connectivity index (χ1) is 16.9. The van der Waals surface area contributed by atoms with Gasteiger partial charge < -0.3 is 19.9 Å². The van der Waals surface area contributed by atoms with Crippen LogP contribution in [0.3, 0.4) is 0 Å².